The molecule has 0 aliphatic carbocycles. The third kappa shape index (κ3) is 4.23. The molecule has 2 aliphatic heterocycles. The number of anilines is 3. The summed E-state index contributed by atoms with van der Waals surface area (Å²) in [5, 5.41) is 12.9. The van der Waals surface area contributed by atoms with Crippen LogP contribution in [0.2, 0.25) is 0 Å². The molecule has 10 nitrogen and oxygen atoms in total. The summed E-state index contributed by atoms with van der Waals surface area (Å²) in [7, 11) is 0. The van der Waals surface area contributed by atoms with E-state index in [0.29, 0.717) is 18.8 Å². The highest BCUT2D eigenvalue weighted by Gasteiger charge is 2.31. The van der Waals surface area contributed by atoms with Gasteiger partial charge in [-0.25, -0.2) is 28.1 Å². The molecule has 4 heterocycles. The van der Waals surface area contributed by atoms with Crippen LogP contribution in [0.15, 0.2) is 30.5 Å². The Morgan fingerprint density at radius 1 is 1.15 bits per heavy atom. The summed E-state index contributed by atoms with van der Waals surface area (Å²) in [4.78, 5) is 25.9. The number of nitrogens with zero attached hydrogens (tertiary/aromatic N) is 5. The largest absolute Gasteiger partial charge is 0.488 e. The number of carbonyl (C=O) groups is 1. The van der Waals surface area contributed by atoms with E-state index in [-0.39, 0.29) is 70.7 Å². The van der Waals surface area contributed by atoms with Gasteiger partial charge in [0.2, 0.25) is 5.95 Å². The third-order valence-electron chi connectivity index (χ3n) is 6.67. The summed E-state index contributed by atoms with van der Waals surface area (Å²) in [5.41, 5.74) is 0.394. The Morgan fingerprint density at radius 2 is 1.97 bits per heavy atom. The van der Waals surface area contributed by atoms with Crippen molar-refractivity contribution >= 4 is 34.3 Å². The molecule has 0 saturated carbocycles. The minimum absolute atomic E-state index is 0.00933. The minimum atomic E-state index is -0.970. The van der Waals surface area contributed by atoms with Crippen molar-refractivity contribution in [3.05, 3.63) is 53.7 Å². The molecule has 2 atom stereocenters. The van der Waals surface area contributed by atoms with E-state index in [1.54, 1.807) is 10.6 Å². The fraction of sp³-hybridized carbons (Fsp3) is 0.308. The summed E-state index contributed by atoms with van der Waals surface area (Å²) in [6, 6.07) is 4.98. The molecule has 2 aliphatic rings. The molecule has 1 fully saturated rings. The molecule has 0 spiro atoms. The number of nitrogens with one attached hydrogen (secondary N) is 1. The highest BCUT2D eigenvalue weighted by Crippen LogP contribution is 2.43. The van der Waals surface area contributed by atoms with Gasteiger partial charge in [-0.3, -0.25) is 4.79 Å². The highest BCUT2D eigenvalue weighted by atomic mass is 19.1. The van der Waals surface area contributed by atoms with Gasteiger partial charge < -0.3 is 29.4 Å². The Balaban J connectivity index is 1.39. The lowest BCUT2D eigenvalue weighted by atomic mass is 10.1. The van der Waals surface area contributed by atoms with E-state index < -0.39 is 23.6 Å². The number of carbonyl (C=O) groups excluding carboxylic acids is 1. The molecule has 1 saturated heterocycles. The van der Waals surface area contributed by atoms with Crippen molar-refractivity contribution in [3.63, 3.8) is 0 Å². The molecule has 2 aromatic carbocycles. The van der Waals surface area contributed by atoms with Crippen molar-refractivity contribution in [1.29, 1.82) is 0 Å². The van der Waals surface area contributed by atoms with E-state index in [1.807, 2.05) is 6.92 Å². The first kappa shape index (κ1) is 25.1. The number of hydrogen-bond donors (Lipinski definition) is 2. The van der Waals surface area contributed by atoms with Crippen LogP contribution in [0.5, 0.6) is 5.75 Å². The average molecular weight is 541 g/mol. The van der Waals surface area contributed by atoms with Gasteiger partial charge in [0.1, 0.15) is 47.7 Å². The van der Waals surface area contributed by atoms with Crippen molar-refractivity contribution in [2.24, 2.45) is 0 Å². The van der Waals surface area contributed by atoms with Crippen molar-refractivity contribution < 1.29 is 32.5 Å². The lowest BCUT2D eigenvalue weighted by Gasteiger charge is -2.27. The van der Waals surface area contributed by atoms with Gasteiger partial charge in [-0.1, -0.05) is 0 Å². The van der Waals surface area contributed by atoms with Crippen molar-refractivity contribution in [2.45, 2.75) is 26.0 Å². The number of hydrogen-bond acceptors (Lipinski definition) is 8. The van der Waals surface area contributed by atoms with E-state index in [9.17, 15) is 14.3 Å². The maximum atomic E-state index is 15.2. The van der Waals surface area contributed by atoms with Gasteiger partial charge in [-0.15, -0.1) is 0 Å². The Hall–Kier alpha value is -4.23. The second-order valence-electron chi connectivity index (χ2n) is 9.39. The SMILES string of the molecule is CC(O)c1nc2c(F)cc(-c3nc(Nc4ccc(N5CCOCC5=O)cc4F)ncc3F)c3c2n1[C@@H](C)CO3. The predicted molar refractivity (Wildman–Crippen MR) is 134 cm³/mol. The van der Waals surface area contributed by atoms with Crippen LogP contribution < -0.4 is 15.0 Å². The number of amides is 1. The Labute approximate surface area is 220 Å². The van der Waals surface area contributed by atoms with Gasteiger partial charge in [0, 0.05) is 12.2 Å². The van der Waals surface area contributed by atoms with Crippen LogP contribution in [0.1, 0.15) is 31.8 Å². The molecule has 1 amide bonds. The van der Waals surface area contributed by atoms with E-state index >= 15 is 8.78 Å². The molecular formula is C26H23F3N6O4. The van der Waals surface area contributed by atoms with E-state index in [4.69, 9.17) is 9.47 Å². The van der Waals surface area contributed by atoms with Crippen LogP contribution in [-0.4, -0.2) is 56.9 Å². The molecule has 1 unspecified atom stereocenters. The lowest BCUT2D eigenvalue weighted by molar-refractivity contribution is -0.125. The molecule has 2 N–H and O–H groups in total. The molecule has 0 radical (unpaired) electrons. The summed E-state index contributed by atoms with van der Waals surface area (Å²) in [5.74, 6) is -2.26. The van der Waals surface area contributed by atoms with Crippen molar-refractivity contribution in [2.75, 3.05) is 36.6 Å². The first-order valence-corrected chi connectivity index (χ1v) is 12.3. The maximum Gasteiger partial charge on any atom is 0.253 e. The molecule has 39 heavy (non-hydrogen) atoms. The smallest absolute Gasteiger partial charge is 0.253 e. The fourth-order valence-corrected chi connectivity index (χ4v) is 4.86. The zero-order valence-electron chi connectivity index (χ0n) is 20.9. The quantitative estimate of drug-likeness (QED) is 0.390. The number of aliphatic hydroxyl groups is 1. The van der Waals surface area contributed by atoms with E-state index in [2.05, 4.69) is 20.3 Å². The van der Waals surface area contributed by atoms with Crippen LogP contribution in [-0.2, 0) is 9.53 Å². The number of benzene rings is 2. The zero-order valence-corrected chi connectivity index (χ0v) is 20.9. The van der Waals surface area contributed by atoms with Gasteiger partial charge in [-0.2, -0.15) is 0 Å². The number of rotatable bonds is 5. The van der Waals surface area contributed by atoms with E-state index in [1.165, 1.54) is 24.0 Å². The van der Waals surface area contributed by atoms with Gasteiger partial charge >= 0.3 is 0 Å². The molecule has 202 valence electrons. The van der Waals surface area contributed by atoms with Gasteiger partial charge in [0.05, 0.1) is 30.1 Å². The third-order valence-corrected chi connectivity index (χ3v) is 6.67. The number of imidazole rings is 1. The first-order valence-electron chi connectivity index (χ1n) is 12.3. The standard InChI is InChI=1S/C26H23F3N6O4/c1-12-10-39-24-15(8-17(28)22-23(24)35(12)25(32-22)13(2)36)21-18(29)9-30-26(33-21)31-19-4-3-14(7-16(19)27)34-5-6-38-11-20(34)37/h3-4,7-9,12-13,36H,5-6,10-11H2,1-2H3,(H,30,31,33)/t12-,13?/m0/s1. The summed E-state index contributed by atoms with van der Waals surface area (Å²) in [6.07, 6.45) is -0.0785. The van der Waals surface area contributed by atoms with Crippen LogP contribution in [0.25, 0.3) is 22.3 Å². The zero-order chi connectivity index (χ0) is 27.4. The molecular weight excluding hydrogens is 517 g/mol. The average Bonchev–Trinajstić information content (AvgIpc) is 3.33. The van der Waals surface area contributed by atoms with E-state index in [0.717, 1.165) is 12.3 Å². The molecule has 2 aromatic heterocycles. The fourth-order valence-electron chi connectivity index (χ4n) is 4.86. The Bertz CT molecular complexity index is 1630. The number of morpholine rings is 1. The maximum absolute atomic E-state index is 15.2. The second-order valence-corrected chi connectivity index (χ2v) is 9.39. The summed E-state index contributed by atoms with van der Waals surface area (Å²) >= 11 is 0. The predicted octanol–water partition coefficient (Wildman–Crippen LogP) is 4.02. The summed E-state index contributed by atoms with van der Waals surface area (Å²) in [6.45, 7) is 4.11. The molecule has 0 bridgehead atoms. The molecule has 13 heteroatoms. The highest BCUT2D eigenvalue weighted by molar-refractivity contribution is 5.95. The molecule has 6 rings (SSSR count). The van der Waals surface area contributed by atoms with Crippen molar-refractivity contribution in [1.82, 2.24) is 19.5 Å². The van der Waals surface area contributed by atoms with Gasteiger partial charge in [0.25, 0.3) is 5.91 Å². The monoisotopic (exact) mass is 540 g/mol. The second kappa shape index (κ2) is 9.50. The van der Waals surface area contributed by atoms with Crippen LogP contribution in [0.3, 0.4) is 0 Å². The Morgan fingerprint density at radius 3 is 2.72 bits per heavy atom. The van der Waals surface area contributed by atoms with Crippen LogP contribution in [0, 0.1) is 17.5 Å². The van der Waals surface area contributed by atoms with Crippen LogP contribution >= 0.6 is 0 Å². The van der Waals surface area contributed by atoms with Gasteiger partial charge in [-0.05, 0) is 38.1 Å². The minimum Gasteiger partial charge on any atom is -0.488 e. The molecule has 4 aromatic rings. The topological polar surface area (TPSA) is 115 Å². The first-order chi connectivity index (χ1) is 18.7. The lowest BCUT2D eigenvalue weighted by Crippen LogP contribution is -2.41. The van der Waals surface area contributed by atoms with Gasteiger partial charge in [0.15, 0.2) is 17.4 Å². The van der Waals surface area contributed by atoms with Crippen molar-refractivity contribution in [3.8, 4) is 17.0 Å². The number of halogens is 3. The number of ether oxygens (including phenoxy) is 2. The van der Waals surface area contributed by atoms with Crippen LogP contribution in [0.4, 0.5) is 30.5 Å². The summed E-state index contributed by atoms with van der Waals surface area (Å²) < 4.78 is 57.9. The number of aliphatic hydroxyl groups excluding tert-OH is 1. The normalized spacial score (nSPS) is 17.8. The number of aromatic nitrogens is 4. The Kier molecular flexibility index (Phi) is 6.11.